The lowest BCUT2D eigenvalue weighted by Gasteiger charge is -2.36. The second-order valence-corrected chi connectivity index (χ2v) is 18.9. The summed E-state index contributed by atoms with van der Waals surface area (Å²) in [7, 11) is 0. The Labute approximate surface area is 397 Å². The van der Waals surface area contributed by atoms with E-state index in [1.54, 1.807) is 23.9 Å². The van der Waals surface area contributed by atoms with Crippen LogP contribution in [0.5, 0.6) is 0 Å². The number of likely N-dealkylation sites (tertiary alicyclic amines) is 1. The molecule has 2 aliphatic rings. The van der Waals surface area contributed by atoms with Gasteiger partial charge in [-0.05, 0) is 134 Å². The first-order valence-corrected chi connectivity index (χ1v) is 25.0. The van der Waals surface area contributed by atoms with Crippen molar-refractivity contribution in [1.29, 1.82) is 0 Å². The van der Waals surface area contributed by atoms with Crippen LogP contribution in [-0.2, 0) is 6.54 Å². The molecule has 2 fully saturated rings. The molecule has 2 heterocycles. The predicted molar refractivity (Wildman–Crippen MR) is 275 cm³/mol. The number of nitrogens with zero attached hydrogens (tertiary/aromatic N) is 4. The van der Waals surface area contributed by atoms with Crippen LogP contribution >= 0.6 is 35.3 Å². The molecule has 64 heavy (non-hydrogen) atoms. The molecule has 0 aromatic heterocycles. The Bertz CT molecular complexity index is 2110. The first-order valence-electron chi connectivity index (χ1n) is 22.8. The summed E-state index contributed by atoms with van der Waals surface area (Å²) in [6.07, 6.45) is 2.82. The Morgan fingerprint density at radius 3 is 2.05 bits per heavy atom. The van der Waals surface area contributed by atoms with Gasteiger partial charge in [-0.3, -0.25) is 24.5 Å². The highest BCUT2D eigenvalue weighted by Crippen LogP contribution is 2.31. The molecule has 344 valence electrons. The van der Waals surface area contributed by atoms with Crippen molar-refractivity contribution in [2.24, 2.45) is 11.8 Å². The Morgan fingerprint density at radius 1 is 0.797 bits per heavy atom. The van der Waals surface area contributed by atoms with Crippen molar-refractivity contribution in [3.63, 3.8) is 0 Å². The van der Waals surface area contributed by atoms with E-state index in [1.165, 1.54) is 49.7 Å². The van der Waals surface area contributed by atoms with Gasteiger partial charge >= 0.3 is 0 Å². The predicted octanol–water partition coefficient (Wildman–Crippen LogP) is 13.3. The van der Waals surface area contributed by atoms with Crippen LogP contribution in [-0.4, -0.2) is 78.7 Å². The van der Waals surface area contributed by atoms with Gasteiger partial charge < -0.3 is 15.1 Å². The Kier molecular flexibility index (Phi) is 23.1. The van der Waals surface area contributed by atoms with Gasteiger partial charge in [0.1, 0.15) is 5.69 Å². The van der Waals surface area contributed by atoms with E-state index < -0.39 is 4.92 Å². The summed E-state index contributed by atoms with van der Waals surface area (Å²) in [5, 5.41) is 15.7. The van der Waals surface area contributed by atoms with E-state index in [4.69, 9.17) is 11.6 Å². The first-order chi connectivity index (χ1) is 31.0. The zero-order chi connectivity index (χ0) is 46.3. The number of piperidine rings is 1. The van der Waals surface area contributed by atoms with Crippen LogP contribution in [0.4, 0.5) is 17.1 Å². The highest BCUT2D eigenvalue weighted by Gasteiger charge is 2.20. The normalized spacial score (nSPS) is 14.2. The monoisotopic (exact) mass is 924 g/mol. The molecule has 0 radical (unpaired) electrons. The number of nitro groups is 1. The molecule has 2 saturated heterocycles. The topological polar surface area (TPSA) is 94.0 Å². The number of halogens is 1. The third kappa shape index (κ3) is 17.8. The number of amides is 1. The molecule has 5 aromatic rings. The van der Waals surface area contributed by atoms with E-state index in [-0.39, 0.29) is 11.6 Å². The van der Waals surface area contributed by atoms with Gasteiger partial charge in [0.2, 0.25) is 0 Å². The summed E-state index contributed by atoms with van der Waals surface area (Å²) in [6, 6.07) is 39.1. The lowest BCUT2D eigenvalue weighted by molar-refractivity contribution is -0.384. The van der Waals surface area contributed by atoms with E-state index >= 15 is 0 Å². The van der Waals surface area contributed by atoms with Crippen molar-refractivity contribution in [1.82, 2.24) is 14.5 Å². The molecule has 7 rings (SSSR count). The first kappa shape index (κ1) is 52.1. The zero-order valence-corrected chi connectivity index (χ0v) is 41.3. The number of anilines is 2. The maximum absolute atomic E-state index is 12.9. The fourth-order valence-corrected chi connectivity index (χ4v) is 8.64. The van der Waals surface area contributed by atoms with Gasteiger partial charge in [-0.1, -0.05) is 115 Å². The second kappa shape index (κ2) is 28.4. The summed E-state index contributed by atoms with van der Waals surface area (Å²) in [5.41, 5.74) is 5.71. The molecule has 2 N–H and O–H groups in total. The number of benzene rings is 5. The minimum Gasteiger partial charge on any atom is -0.379 e. The molecule has 0 spiro atoms. The van der Waals surface area contributed by atoms with Crippen molar-refractivity contribution in [2.75, 3.05) is 68.3 Å². The van der Waals surface area contributed by atoms with Gasteiger partial charge in [0.25, 0.3) is 11.6 Å². The summed E-state index contributed by atoms with van der Waals surface area (Å²) >= 11 is 8.86. The minimum atomic E-state index is -0.405. The Balaban J connectivity index is 0.000000513. The summed E-state index contributed by atoms with van der Waals surface area (Å²) in [6.45, 7) is 24.1. The van der Waals surface area contributed by atoms with Crippen LogP contribution in [0.3, 0.4) is 0 Å². The van der Waals surface area contributed by atoms with Crippen LogP contribution in [0.25, 0.3) is 11.1 Å². The van der Waals surface area contributed by atoms with Crippen LogP contribution in [0.1, 0.15) is 77.2 Å². The fraction of sp³-hybridized carbons (Fsp3) is 0.404. The highest BCUT2D eigenvalue weighted by molar-refractivity contribution is 7.99. The summed E-state index contributed by atoms with van der Waals surface area (Å²) in [4.78, 5) is 33.4. The number of nitrogens with one attached hydrogen (secondary N) is 2. The summed E-state index contributed by atoms with van der Waals surface area (Å²) in [5.74, 6) is 2.32. The molecule has 0 unspecified atom stereocenters. The molecule has 5 aromatic carbocycles. The molecule has 0 aliphatic carbocycles. The van der Waals surface area contributed by atoms with Gasteiger partial charge in [-0.15, -0.1) is 11.8 Å². The van der Waals surface area contributed by atoms with E-state index in [9.17, 15) is 14.9 Å². The zero-order valence-electron chi connectivity index (χ0n) is 38.9. The second-order valence-electron chi connectivity index (χ2n) is 16.4. The van der Waals surface area contributed by atoms with Gasteiger partial charge in [0.05, 0.1) is 4.92 Å². The van der Waals surface area contributed by atoms with Gasteiger partial charge in [-0.2, -0.15) is 0 Å². The standard InChI is InChI=1S/C38H36ClN5O3S2.C8H17N.C4H10.C2H6/c39-31-14-10-28(11-15-31)35-9-5-4-6-30(35)27-42-21-23-43(24-22-42)32-16-12-29(13-17-32)38(45)41-49-34-18-19-36(37(26-34)44(46)47)40-20-25-48-33-7-2-1-3-8-33;1-3-9-6-4-8(2)5-7-9;1-4(2)3;1-2/h1-19,26,40H,20-25,27H2,(H,41,45);8H,3-7H2,1-2H3;4H,1-3H3;1-2H3. The third-order valence-corrected chi connectivity index (χ3v) is 12.7. The lowest BCUT2D eigenvalue weighted by Crippen LogP contribution is -2.46. The van der Waals surface area contributed by atoms with Crippen molar-refractivity contribution >= 4 is 58.3 Å². The molecule has 0 atom stereocenters. The van der Waals surface area contributed by atoms with Gasteiger partial charge in [0.15, 0.2) is 0 Å². The SMILES string of the molecule is CC.CC(C)C.CCN1CCC(C)CC1.O=C(NSc1ccc(NCCSc2ccccc2)c([N+](=O)[O-])c1)c1ccc(N2CCN(Cc3ccccc3-c3ccc(Cl)cc3)CC2)cc1. The maximum Gasteiger partial charge on any atom is 0.293 e. The molecule has 12 heteroatoms. The quantitative estimate of drug-likeness (QED) is 0.0371. The van der Waals surface area contributed by atoms with Crippen molar-refractivity contribution in [3.8, 4) is 11.1 Å². The highest BCUT2D eigenvalue weighted by atomic mass is 35.5. The van der Waals surface area contributed by atoms with Gasteiger partial charge in [0, 0.05) is 77.2 Å². The van der Waals surface area contributed by atoms with E-state index in [0.717, 1.165) is 83.4 Å². The average molecular weight is 926 g/mol. The molecular formula is C52H69ClN6O3S2. The number of piperazine rings is 1. The van der Waals surface area contributed by atoms with Crippen LogP contribution < -0.4 is 14.9 Å². The lowest BCUT2D eigenvalue weighted by atomic mass is 9.99. The molecular weight excluding hydrogens is 856 g/mol. The van der Waals surface area contributed by atoms with Crippen LogP contribution in [0, 0.1) is 22.0 Å². The number of hydrogen-bond donors (Lipinski definition) is 2. The largest absolute Gasteiger partial charge is 0.379 e. The number of carbonyl (C=O) groups excluding carboxylic acids is 1. The van der Waals surface area contributed by atoms with Gasteiger partial charge in [-0.25, -0.2) is 0 Å². The summed E-state index contributed by atoms with van der Waals surface area (Å²) < 4.78 is 2.82. The molecule has 2 aliphatic heterocycles. The van der Waals surface area contributed by atoms with Crippen LogP contribution in [0.2, 0.25) is 5.02 Å². The number of carbonyl (C=O) groups is 1. The molecule has 0 bridgehead atoms. The van der Waals surface area contributed by atoms with E-state index in [0.29, 0.717) is 22.7 Å². The van der Waals surface area contributed by atoms with E-state index in [1.807, 2.05) is 80.6 Å². The molecule has 9 nitrogen and oxygen atoms in total. The van der Waals surface area contributed by atoms with E-state index in [2.05, 4.69) is 95.8 Å². The smallest absolute Gasteiger partial charge is 0.293 e. The average Bonchev–Trinajstić information content (AvgIpc) is 3.32. The van der Waals surface area contributed by atoms with Crippen LogP contribution in [0.15, 0.2) is 131 Å². The van der Waals surface area contributed by atoms with Crippen molar-refractivity contribution in [2.45, 2.75) is 77.6 Å². The number of nitro benzene ring substituents is 1. The third-order valence-electron chi connectivity index (χ3n) is 10.6. The Morgan fingerprint density at radius 2 is 1.42 bits per heavy atom. The maximum atomic E-state index is 12.9. The number of hydrogen-bond acceptors (Lipinski definition) is 9. The number of rotatable bonds is 14. The molecule has 1 amide bonds. The molecule has 0 saturated carbocycles. The van der Waals surface area contributed by atoms with Crippen molar-refractivity contribution < 1.29 is 9.72 Å². The Hall–Kier alpha value is -4.52. The number of thioether (sulfide) groups is 1. The van der Waals surface area contributed by atoms with Crippen molar-refractivity contribution in [3.05, 3.63) is 148 Å². The fourth-order valence-electron chi connectivity index (χ4n) is 7.09. The minimum absolute atomic E-state index is 0.0285.